The minimum absolute atomic E-state index is 0.165. The number of aromatic nitrogens is 2. The zero-order valence-electron chi connectivity index (χ0n) is 12.4. The zero-order chi connectivity index (χ0) is 16.4. The first kappa shape index (κ1) is 14.8. The van der Waals surface area contributed by atoms with Crippen LogP contribution in [0.4, 0.5) is 0 Å². The van der Waals surface area contributed by atoms with Crippen molar-refractivity contribution in [3.63, 3.8) is 0 Å². The molecule has 2 N–H and O–H groups in total. The van der Waals surface area contributed by atoms with Gasteiger partial charge >= 0.3 is 5.97 Å². The van der Waals surface area contributed by atoms with E-state index in [1.54, 1.807) is 6.92 Å². The van der Waals surface area contributed by atoms with Gasteiger partial charge < -0.3 is 14.6 Å². The van der Waals surface area contributed by atoms with E-state index in [0.717, 1.165) is 5.56 Å². The van der Waals surface area contributed by atoms with Crippen LogP contribution in [0.5, 0.6) is 0 Å². The van der Waals surface area contributed by atoms with Crippen molar-refractivity contribution in [3.05, 3.63) is 65.2 Å². The number of aliphatic carboxylic acids is 1. The van der Waals surface area contributed by atoms with Crippen LogP contribution in [0, 0.1) is 6.92 Å². The van der Waals surface area contributed by atoms with E-state index in [0.29, 0.717) is 28.3 Å². The number of benzene rings is 1. The fourth-order valence-corrected chi connectivity index (χ4v) is 2.41. The molecule has 0 bridgehead atoms. The average molecular weight is 310 g/mol. The highest BCUT2D eigenvalue weighted by atomic mass is 16.5. The number of hydrogen-bond donors (Lipinski definition) is 2. The van der Waals surface area contributed by atoms with Gasteiger partial charge in [-0.3, -0.25) is 9.59 Å². The summed E-state index contributed by atoms with van der Waals surface area (Å²) in [5, 5.41) is 12.8. The van der Waals surface area contributed by atoms with Crippen LogP contribution >= 0.6 is 0 Å². The van der Waals surface area contributed by atoms with E-state index in [9.17, 15) is 9.59 Å². The minimum Gasteiger partial charge on any atom is -0.481 e. The predicted octanol–water partition coefficient (Wildman–Crippen LogP) is 2.84. The van der Waals surface area contributed by atoms with Gasteiger partial charge in [-0.25, -0.2) is 0 Å². The Morgan fingerprint density at radius 2 is 2.00 bits per heavy atom. The maximum Gasteiger partial charge on any atom is 0.309 e. The molecule has 1 aromatic carbocycles. The Hall–Kier alpha value is -3.15. The minimum atomic E-state index is -0.961. The molecule has 23 heavy (non-hydrogen) atoms. The molecule has 2 heterocycles. The molecular formula is C17H14N2O4. The molecule has 0 aliphatic carbocycles. The van der Waals surface area contributed by atoms with E-state index >= 15 is 0 Å². The summed E-state index contributed by atoms with van der Waals surface area (Å²) in [7, 11) is 0. The molecule has 3 rings (SSSR count). The van der Waals surface area contributed by atoms with E-state index in [1.807, 2.05) is 30.3 Å². The summed E-state index contributed by atoms with van der Waals surface area (Å²) in [4.78, 5) is 26.3. The number of ketones is 1. The predicted molar refractivity (Wildman–Crippen MR) is 82.2 cm³/mol. The second-order valence-corrected chi connectivity index (χ2v) is 5.14. The Morgan fingerprint density at radius 1 is 1.26 bits per heavy atom. The topological polar surface area (TPSA) is 96.2 Å². The molecule has 3 aromatic rings. The Labute approximate surface area is 131 Å². The Morgan fingerprint density at radius 3 is 2.70 bits per heavy atom. The zero-order valence-corrected chi connectivity index (χ0v) is 12.4. The molecular weight excluding hydrogens is 296 g/mol. The molecule has 0 amide bonds. The number of hydrogen-bond acceptors (Lipinski definition) is 4. The standard InChI is InChI=1S/C17H14N2O4/c1-10-15(16(19-23-10)11-5-3-2-4-6-11)17(22)12-7-13(18-9-12)8-14(20)21/h2-7,9,18H,8H2,1H3,(H,20,21). The highest BCUT2D eigenvalue weighted by Crippen LogP contribution is 2.27. The van der Waals surface area contributed by atoms with Crippen LogP contribution in [0.2, 0.25) is 0 Å². The van der Waals surface area contributed by atoms with Crippen molar-refractivity contribution in [2.75, 3.05) is 0 Å². The van der Waals surface area contributed by atoms with Gasteiger partial charge in [-0.1, -0.05) is 35.5 Å². The number of nitrogens with one attached hydrogen (secondary N) is 1. The number of nitrogens with zero attached hydrogens (tertiary/aromatic N) is 1. The van der Waals surface area contributed by atoms with Crippen LogP contribution in [-0.2, 0) is 11.2 Å². The fourth-order valence-electron chi connectivity index (χ4n) is 2.41. The van der Waals surface area contributed by atoms with Crippen LogP contribution < -0.4 is 0 Å². The quantitative estimate of drug-likeness (QED) is 0.706. The van der Waals surface area contributed by atoms with Crippen molar-refractivity contribution in [2.24, 2.45) is 0 Å². The molecule has 0 aliphatic heterocycles. The number of H-pyrrole nitrogens is 1. The Kier molecular flexibility index (Phi) is 3.80. The molecule has 0 aliphatic rings. The van der Waals surface area contributed by atoms with E-state index < -0.39 is 5.97 Å². The number of carboxylic acids is 1. The maximum atomic E-state index is 12.8. The first-order valence-corrected chi connectivity index (χ1v) is 7.01. The monoisotopic (exact) mass is 310 g/mol. The second kappa shape index (κ2) is 5.92. The highest BCUT2D eigenvalue weighted by molar-refractivity contribution is 6.13. The van der Waals surface area contributed by atoms with Gasteiger partial charge in [0.05, 0.1) is 12.0 Å². The SMILES string of the molecule is Cc1onc(-c2ccccc2)c1C(=O)c1c[nH]c(CC(=O)O)c1. The third-order valence-corrected chi connectivity index (χ3v) is 3.48. The van der Waals surface area contributed by atoms with Gasteiger partial charge in [0.2, 0.25) is 0 Å². The summed E-state index contributed by atoms with van der Waals surface area (Å²) < 4.78 is 5.19. The Balaban J connectivity index is 1.99. The van der Waals surface area contributed by atoms with E-state index in [2.05, 4.69) is 10.1 Å². The molecule has 0 radical (unpaired) electrons. The normalized spacial score (nSPS) is 10.7. The van der Waals surface area contributed by atoms with Crippen LogP contribution in [0.3, 0.4) is 0 Å². The number of aromatic amines is 1. The van der Waals surface area contributed by atoms with Crippen molar-refractivity contribution in [1.82, 2.24) is 10.1 Å². The largest absolute Gasteiger partial charge is 0.481 e. The first-order valence-electron chi connectivity index (χ1n) is 7.01. The summed E-state index contributed by atoms with van der Waals surface area (Å²) in [6, 6.07) is 10.8. The van der Waals surface area contributed by atoms with E-state index in [4.69, 9.17) is 9.63 Å². The molecule has 0 unspecified atom stereocenters. The molecule has 2 aromatic heterocycles. The van der Waals surface area contributed by atoms with E-state index in [-0.39, 0.29) is 12.2 Å². The smallest absolute Gasteiger partial charge is 0.309 e. The summed E-state index contributed by atoms with van der Waals surface area (Å²) in [5.41, 5.74) is 2.50. The number of carbonyl (C=O) groups is 2. The van der Waals surface area contributed by atoms with E-state index in [1.165, 1.54) is 12.3 Å². The lowest BCUT2D eigenvalue weighted by atomic mass is 9.99. The fraction of sp³-hybridized carbons (Fsp3) is 0.118. The average Bonchev–Trinajstić information content (AvgIpc) is 3.14. The van der Waals surface area contributed by atoms with Crippen LogP contribution in [-0.4, -0.2) is 27.0 Å². The summed E-state index contributed by atoms with van der Waals surface area (Å²) >= 11 is 0. The van der Waals surface area contributed by atoms with Crippen LogP contribution in [0.1, 0.15) is 27.4 Å². The molecule has 0 fully saturated rings. The molecule has 0 spiro atoms. The Bertz CT molecular complexity index is 862. The van der Waals surface area contributed by atoms with Crippen LogP contribution in [0.15, 0.2) is 47.1 Å². The summed E-state index contributed by atoms with van der Waals surface area (Å²) in [6.07, 6.45) is 1.34. The van der Waals surface area contributed by atoms with Gasteiger partial charge in [-0.2, -0.15) is 0 Å². The second-order valence-electron chi connectivity index (χ2n) is 5.14. The lowest BCUT2D eigenvalue weighted by molar-refractivity contribution is -0.136. The third kappa shape index (κ3) is 2.91. The van der Waals surface area contributed by atoms with Gasteiger partial charge in [-0.05, 0) is 13.0 Å². The third-order valence-electron chi connectivity index (χ3n) is 3.48. The van der Waals surface area contributed by atoms with Gasteiger partial charge in [0.15, 0.2) is 5.78 Å². The molecule has 116 valence electrons. The van der Waals surface area contributed by atoms with Gasteiger partial charge in [0, 0.05) is 23.0 Å². The van der Waals surface area contributed by atoms with Crippen molar-refractivity contribution >= 4 is 11.8 Å². The van der Waals surface area contributed by atoms with Gasteiger partial charge in [-0.15, -0.1) is 0 Å². The van der Waals surface area contributed by atoms with Crippen molar-refractivity contribution in [3.8, 4) is 11.3 Å². The number of carboxylic acid groups (broad SMARTS) is 1. The lowest BCUT2D eigenvalue weighted by Gasteiger charge is -2.00. The van der Waals surface area contributed by atoms with Crippen molar-refractivity contribution in [2.45, 2.75) is 13.3 Å². The molecule has 6 nitrogen and oxygen atoms in total. The molecule has 0 saturated carbocycles. The highest BCUT2D eigenvalue weighted by Gasteiger charge is 2.23. The van der Waals surface area contributed by atoms with Crippen molar-refractivity contribution < 1.29 is 19.2 Å². The number of carbonyl (C=O) groups excluding carboxylic acids is 1. The summed E-state index contributed by atoms with van der Waals surface area (Å²) in [6.45, 7) is 1.68. The molecule has 6 heteroatoms. The van der Waals surface area contributed by atoms with Crippen LogP contribution in [0.25, 0.3) is 11.3 Å². The van der Waals surface area contributed by atoms with Crippen molar-refractivity contribution in [1.29, 1.82) is 0 Å². The maximum absolute atomic E-state index is 12.8. The molecule has 0 atom stereocenters. The van der Waals surface area contributed by atoms with Gasteiger partial charge in [0.1, 0.15) is 11.5 Å². The number of rotatable bonds is 5. The molecule has 0 saturated heterocycles. The summed E-state index contributed by atoms with van der Waals surface area (Å²) in [5.74, 6) is -0.790. The number of aryl methyl sites for hydroxylation is 1. The first-order chi connectivity index (χ1) is 11.1. The van der Waals surface area contributed by atoms with Gasteiger partial charge in [0.25, 0.3) is 0 Å². The lowest BCUT2D eigenvalue weighted by Crippen LogP contribution is -2.03.